The molecule has 2 unspecified atom stereocenters. The summed E-state index contributed by atoms with van der Waals surface area (Å²) in [6.07, 6.45) is 8.09. The first-order chi connectivity index (χ1) is 9.69. The third-order valence-electron chi connectivity index (χ3n) is 4.38. The number of anilines is 1. The van der Waals surface area contributed by atoms with Crippen molar-refractivity contribution < 1.29 is 14.3 Å². The molecule has 0 bridgehead atoms. The molecule has 2 aliphatic carbocycles. The Labute approximate surface area is 117 Å². The van der Waals surface area contributed by atoms with E-state index in [9.17, 15) is 9.59 Å². The highest BCUT2D eigenvalue weighted by Crippen LogP contribution is 2.55. The fourth-order valence-electron chi connectivity index (χ4n) is 3.32. The second-order valence-electron chi connectivity index (χ2n) is 5.63. The van der Waals surface area contributed by atoms with Gasteiger partial charge in [-0.05, 0) is 24.7 Å². The second kappa shape index (κ2) is 5.26. The summed E-state index contributed by atoms with van der Waals surface area (Å²) in [7, 11) is 1.34. The van der Waals surface area contributed by atoms with E-state index in [4.69, 9.17) is 0 Å². The number of amides is 1. The molecule has 2 saturated carbocycles. The van der Waals surface area contributed by atoms with Crippen LogP contribution < -0.4 is 5.32 Å². The monoisotopic (exact) mass is 277 g/mol. The number of methoxy groups -OCH3 is 1. The van der Waals surface area contributed by atoms with Crippen LogP contribution in [0.3, 0.4) is 0 Å². The molecule has 0 aromatic carbocycles. The van der Waals surface area contributed by atoms with Gasteiger partial charge in [0.1, 0.15) is 6.54 Å². The van der Waals surface area contributed by atoms with Crippen LogP contribution >= 0.6 is 0 Å². The average molecular weight is 277 g/mol. The minimum atomic E-state index is -0.362. The van der Waals surface area contributed by atoms with E-state index in [0.29, 0.717) is 17.5 Å². The number of carbonyl (C=O) groups is 2. The minimum absolute atomic E-state index is 0.0566. The quantitative estimate of drug-likeness (QED) is 0.845. The van der Waals surface area contributed by atoms with Crippen LogP contribution in [0.1, 0.15) is 25.7 Å². The highest BCUT2D eigenvalue weighted by atomic mass is 16.5. The molecular formula is C14H19N3O3. The molecule has 6 heteroatoms. The summed E-state index contributed by atoms with van der Waals surface area (Å²) in [5.41, 5.74) is 0.641. The zero-order chi connectivity index (χ0) is 14.1. The van der Waals surface area contributed by atoms with E-state index in [0.717, 1.165) is 0 Å². The zero-order valence-corrected chi connectivity index (χ0v) is 11.5. The third kappa shape index (κ3) is 2.55. The lowest BCUT2D eigenvalue weighted by molar-refractivity contribution is -0.141. The van der Waals surface area contributed by atoms with Crippen LogP contribution in [-0.2, 0) is 20.9 Å². The summed E-state index contributed by atoms with van der Waals surface area (Å²) in [5.74, 6) is 1.10. The third-order valence-corrected chi connectivity index (χ3v) is 4.38. The van der Waals surface area contributed by atoms with Gasteiger partial charge in [0.2, 0.25) is 5.91 Å². The molecule has 0 spiro atoms. The van der Waals surface area contributed by atoms with E-state index >= 15 is 0 Å². The van der Waals surface area contributed by atoms with Crippen molar-refractivity contribution in [2.24, 2.45) is 17.8 Å². The Morgan fingerprint density at radius 3 is 2.75 bits per heavy atom. The number of carbonyl (C=O) groups excluding carboxylic acids is 2. The Balaban J connectivity index is 1.55. The van der Waals surface area contributed by atoms with Crippen LogP contribution in [0.15, 0.2) is 12.4 Å². The molecular weight excluding hydrogens is 258 g/mol. The predicted octanol–water partition coefficient (Wildman–Crippen LogP) is 1.43. The Morgan fingerprint density at radius 1 is 1.40 bits per heavy atom. The van der Waals surface area contributed by atoms with Crippen molar-refractivity contribution in [3.8, 4) is 0 Å². The van der Waals surface area contributed by atoms with Crippen molar-refractivity contribution >= 4 is 17.6 Å². The number of aromatic nitrogens is 2. The Morgan fingerprint density at radius 2 is 2.10 bits per heavy atom. The van der Waals surface area contributed by atoms with Crippen LogP contribution in [-0.4, -0.2) is 28.8 Å². The van der Waals surface area contributed by atoms with Crippen molar-refractivity contribution in [2.45, 2.75) is 32.2 Å². The van der Waals surface area contributed by atoms with E-state index < -0.39 is 0 Å². The van der Waals surface area contributed by atoms with Gasteiger partial charge in [-0.1, -0.05) is 12.8 Å². The smallest absolute Gasteiger partial charge is 0.327 e. The molecule has 1 amide bonds. The Bertz CT molecular complexity index is 513. The van der Waals surface area contributed by atoms with E-state index in [1.807, 2.05) is 0 Å². The summed E-state index contributed by atoms with van der Waals surface area (Å²) in [6.45, 7) is 0.0566. The van der Waals surface area contributed by atoms with Gasteiger partial charge >= 0.3 is 5.97 Å². The molecule has 6 nitrogen and oxygen atoms in total. The average Bonchev–Trinajstić information content (AvgIpc) is 3.04. The van der Waals surface area contributed by atoms with Crippen LogP contribution in [0.5, 0.6) is 0 Å². The molecule has 20 heavy (non-hydrogen) atoms. The maximum Gasteiger partial charge on any atom is 0.327 e. The lowest BCUT2D eigenvalue weighted by atomic mass is 10.0. The Hall–Kier alpha value is -1.85. The fourth-order valence-corrected chi connectivity index (χ4v) is 3.32. The largest absolute Gasteiger partial charge is 0.468 e. The molecule has 2 fully saturated rings. The Kier molecular flexibility index (Phi) is 3.46. The number of nitrogens with one attached hydrogen (secondary N) is 1. The van der Waals surface area contributed by atoms with E-state index in [-0.39, 0.29) is 24.3 Å². The van der Waals surface area contributed by atoms with Gasteiger partial charge in [-0.3, -0.25) is 14.3 Å². The molecule has 1 aromatic heterocycles. The molecule has 3 rings (SSSR count). The summed E-state index contributed by atoms with van der Waals surface area (Å²) in [4.78, 5) is 23.3. The predicted molar refractivity (Wildman–Crippen MR) is 71.8 cm³/mol. The molecule has 0 saturated heterocycles. The van der Waals surface area contributed by atoms with Gasteiger partial charge in [-0.2, -0.15) is 5.10 Å². The number of hydrogen-bond donors (Lipinski definition) is 1. The molecule has 0 radical (unpaired) electrons. The van der Waals surface area contributed by atoms with Gasteiger partial charge in [0.05, 0.1) is 19.0 Å². The molecule has 1 aromatic rings. The van der Waals surface area contributed by atoms with Gasteiger partial charge in [0, 0.05) is 12.1 Å². The SMILES string of the molecule is COC(=O)Cn1cc(NC(=O)C2C3CCCCC32)cn1. The first-order valence-corrected chi connectivity index (χ1v) is 7.09. The van der Waals surface area contributed by atoms with Gasteiger partial charge in [0.25, 0.3) is 0 Å². The standard InChI is InChI=1S/C14H19N3O3/c1-20-12(18)8-17-7-9(6-15-17)16-14(19)13-10-4-2-3-5-11(10)13/h6-7,10-11,13H,2-5,8H2,1H3,(H,16,19). The maximum atomic E-state index is 12.2. The number of hydrogen-bond acceptors (Lipinski definition) is 4. The van der Waals surface area contributed by atoms with E-state index in [1.54, 1.807) is 12.4 Å². The van der Waals surface area contributed by atoms with Crippen LogP contribution in [0, 0.1) is 17.8 Å². The minimum Gasteiger partial charge on any atom is -0.468 e. The first kappa shape index (κ1) is 13.1. The van der Waals surface area contributed by atoms with Gasteiger partial charge in [-0.15, -0.1) is 0 Å². The molecule has 2 aliphatic rings. The molecule has 1 heterocycles. The van der Waals surface area contributed by atoms with E-state index in [1.165, 1.54) is 37.5 Å². The van der Waals surface area contributed by atoms with Gasteiger partial charge < -0.3 is 10.1 Å². The first-order valence-electron chi connectivity index (χ1n) is 7.09. The van der Waals surface area contributed by atoms with Gasteiger partial charge in [-0.25, -0.2) is 0 Å². The number of esters is 1. The maximum absolute atomic E-state index is 12.2. The molecule has 2 atom stereocenters. The van der Waals surface area contributed by atoms with Crippen molar-refractivity contribution in [3.05, 3.63) is 12.4 Å². The normalized spacial score (nSPS) is 27.6. The van der Waals surface area contributed by atoms with Crippen molar-refractivity contribution in [2.75, 3.05) is 12.4 Å². The lowest BCUT2D eigenvalue weighted by Gasteiger charge is -2.04. The topological polar surface area (TPSA) is 73.2 Å². The van der Waals surface area contributed by atoms with Crippen molar-refractivity contribution in [1.29, 1.82) is 0 Å². The fraction of sp³-hybridized carbons (Fsp3) is 0.643. The summed E-state index contributed by atoms with van der Waals surface area (Å²) < 4.78 is 6.03. The number of fused-ring (bicyclic) bond motifs is 1. The summed E-state index contributed by atoms with van der Waals surface area (Å²) in [6, 6.07) is 0. The summed E-state index contributed by atoms with van der Waals surface area (Å²) >= 11 is 0. The van der Waals surface area contributed by atoms with Crippen LogP contribution in [0.4, 0.5) is 5.69 Å². The van der Waals surface area contributed by atoms with E-state index in [2.05, 4.69) is 15.2 Å². The number of rotatable bonds is 4. The number of ether oxygens (including phenoxy) is 1. The molecule has 108 valence electrons. The van der Waals surface area contributed by atoms with Crippen LogP contribution in [0.25, 0.3) is 0 Å². The van der Waals surface area contributed by atoms with Crippen LogP contribution in [0.2, 0.25) is 0 Å². The highest BCUT2D eigenvalue weighted by molar-refractivity contribution is 5.94. The van der Waals surface area contributed by atoms with Crippen molar-refractivity contribution in [3.63, 3.8) is 0 Å². The second-order valence-corrected chi connectivity index (χ2v) is 5.63. The van der Waals surface area contributed by atoms with Gasteiger partial charge in [0.15, 0.2) is 0 Å². The summed E-state index contributed by atoms with van der Waals surface area (Å²) in [5, 5.41) is 6.93. The highest BCUT2D eigenvalue weighted by Gasteiger charge is 2.54. The zero-order valence-electron chi connectivity index (χ0n) is 11.5. The molecule has 1 N–H and O–H groups in total. The number of nitrogens with zero attached hydrogens (tertiary/aromatic N) is 2. The van der Waals surface area contributed by atoms with Crippen molar-refractivity contribution in [1.82, 2.24) is 9.78 Å². The molecule has 0 aliphatic heterocycles. The lowest BCUT2D eigenvalue weighted by Crippen LogP contribution is -2.15.